The highest BCUT2D eigenvalue weighted by Gasteiger charge is 2.26. The van der Waals surface area contributed by atoms with Crippen molar-refractivity contribution in [1.82, 2.24) is 5.32 Å². The maximum absolute atomic E-state index is 12.7. The molecule has 0 radical (unpaired) electrons. The van der Waals surface area contributed by atoms with Gasteiger partial charge in [0.05, 0.1) is 19.5 Å². The molecule has 0 aromatic heterocycles. The summed E-state index contributed by atoms with van der Waals surface area (Å²) >= 11 is 0. The second-order valence-electron chi connectivity index (χ2n) is 15.3. The van der Waals surface area contributed by atoms with Gasteiger partial charge in [-0.3, -0.25) is 18.6 Å². The van der Waals surface area contributed by atoms with Crippen molar-refractivity contribution in [3.8, 4) is 0 Å². The van der Waals surface area contributed by atoms with Crippen LogP contribution in [0.15, 0.2) is 12.8 Å². The van der Waals surface area contributed by atoms with Crippen molar-refractivity contribution >= 4 is 25.9 Å². The van der Waals surface area contributed by atoms with Crippen LogP contribution in [0, 0.1) is 0 Å². The largest absolute Gasteiger partial charge is 0.472 e. The first-order valence-corrected chi connectivity index (χ1v) is 24.3. The van der Waals surface area contributed by atoms with Crippen LogP contribution in [-0.4, -0.2) is 55.4 Å². The third kappa shape index (κ3) is 40.3. The van der Waals surface area contributed by atoms with E-state index in [0.29, 0.717) is 12.8 Å². The van der Waals surface area contributed by atoms with Crippen molar-refractivity contribution in [2.75, 3.05) is 26.4 Å². The van der Waals surface area contributed by atoms with E-state index in [9.17, 15) is 23.8 Å². The van der Waals surface area contributed by atoms with Crippen molar-refractivity contribution in [1.29, 1.82) is 0 Å². The van der Waals surface area contributed by atoms with Gasteiger partial charge in [0, 0.05) is 19.4 Å². The van der Waals surface area contributed by atoms with Gasteiger partial charge in [-0.15, -0.1) is 0 Å². The molecule has 0 rings (SSSR count). The molecule has 0 aliphatic heterocycles. The zero-order valence-corrected chi connectivity index (χ0v) is 36.8. The van der Waals surface area contributed by atoms with Gasteiger partial charge >= 0.3 is 25.9 Å². The van der Waals surface area contributed by atoms with E-state index >= 15 is 0 Å². The Morgan fingerprint density at radius 2 is 0.946 bits per heavy atom. The minimum absolute atomic E-state index is 0.116. The number of amides is 1. The maximum Gasteiger partial charge on any atom is 0.472 e. The molecule has 0 aromatic carbocycles. The molecular formula is C44H84NO10P. The number of hydrogen-bond acceptors (Lipinski definition) is 9. The number of alkyl carbamates (subject to hydrolysis) is 1. The summed E-state index contributed by atoms with van der Waals surface area (Å²) in [5.41, 5.74) is 0. The third-order valence-electron chi connectivity index (χ3n) is 9.94. The predicted octanol–water partition coefficient (Wildman–Crippen LogP) is 13.0. The Bertz CT molecular complexity index is 981. The molecule has 0 fully saturated rings. The van der Waals surface area contributed by atoms with Crippen molar-refractivity contribution in [3.05, 3.63) is 12.8 Å². The summed E-state index contributed by atoms with van der Waals surface area (Å²) < 4.78 is 37.8. The Morgan fingerprint density at radius 1 is 0.571 bits per heavy atom. The zero-order chi connectivity index (χ0) is 41.2. The maximum atomic E-state index is 12.7. The molecule has 0 bridgehead atoms. The van der Waals surface area contributed by atoms with Gasteiger partial charge in [0.25, 0.3) is 0 Å². The quantitative estimate of drug-likeness (QED) is 0.0200. The molecule has 2 atom stereocenters. The highest BCUT2D eigenvalue weighted by Crippen LogP contribution is 2.43. The molecule has 330 valence electrons. The number of hydrogen-bond donors (Lipinski definition) is 2. The summed E-state index contributed by atoms with van der Waals surface area (Å²) in [7, 11) is -4.56. The molecule has 2 N–H and O–H groups in total. The van der Waals surface area contributed by atoms with Crippen LogP contribution in [0.5, 0.6) is 0 Å². The first-order chi connectivity index (χ1) is 27.2. The molecule has 0 heterocycles. The second-order valence-corrected chi connectivity index (χ2v) is 16.7. The molecule has 1 amide bonds. The molecule has 12 heteroatoms. The number of carbonyl (C=O) groups excluding carboxylic acids is 3. The van der Waals surface area contributed by atoms with Crippen LogP contribution < -0.4 is 5.32 Å². The van der Waals surface area contributed by atoms with Gasteiger partial charge in [0.2, 0.25) is 0 Å². The van der Waals surface area contributed by atoms with E-state index in [2.05, 4.69) is 30.5 Å². The lowest BCUT2D eigenvalue weighted by molar-refractivity contribution is -0.161. The molecule has 0 spiro atoms. The predicted molar refractivity (Wildman–Crippen MR) is 226 cm³/mol. The average Bonchev–Trinajstić information content (AvgIpc) is 3.17. The van der Waals surface area contributed by atoms with Gasteiger partial charge in [-0.2, -0.15) is 0 Å². The molecule has 0 aromatic rings. The minimum atomic E-state index is -4.56. The van der Waals surface area contributed by atoms with Crippen LogP contribution in [0.4, 0.5) is 4.79 Å². The average molecular weight is 818 g/mol. The zero-order valence-electron chi connectivity index (χ0n) is 35.9. The Hall–Kier alpha value is -1.94. The van der Waals surface area contributed by atoms with Gasteiger partial charge in [-0.1, -0.05) is 200 Å². The summed E-state index contributed by atoms with van der Waals surface area (Å²) in [6.07, 6.45) is 36.4. The molecule has 11 nitrogen and oxygen atoms in total. The fraction of sp³-hybridized carbons (Fsp3) is 0.886. The lowest BCUT2D eigenvalue weighted by Gasteiger charge is -2.20. The summed E-state index contributed by atoms with van der Waals surface area (Å²) in [4.78, 5) is 46.6. The molecule has 0 saturated carbocycles. The first-order valence-electron chi connectivity index (χ1n) is 22.8. The smallest absolute Gasteiger partial charge is 0.462 e. The Kier molecular flexibility index (Phi) is 39.8. The van der Waals surface area contributed by atoms with E-state index in [-0.39, 0.29) is 32.6 Å². The topological polar surface area (TPSA) is 147 Å². The van der Waals surface area contributed by atoms with E-state index in [1.54, 1.807) is 0 Å². The summed E-state index contributed by atoms with van der Waals surface area (Å²) in [6.45, 7) is 6.52. The van der Waals surface area contributed by atoms with Crippen LogP contribution in [0.1, 0.15) is 219 Å². The molecule has 0 aliphatic rings. The molecular weight excluding hydrogens is 733 g/mol. The fourth-order valence-corrected chi connectivity index (χ4v) is 7.30. The number of unbranched alkanes of at least 4 members (excludes halogenated alkanes) is 28. The fourth-order valence-electron chi connectivity index (χ4n) is 6.55. The van der Waals surface area contributed by atoms with E-state index in [0.717, 1.165) is 38.4 Å². The van der Waals surface area contributed by atoms with Crippen LogP contribution in [0.25, 0.3) is 0 Å². The van der Waals surface area contributed by atoms with E-state index < -0.39 is 38.6 Å². The molecule has 0 saturated heterocycles. The van der Waals surface area contributed by atoms with Crippen molar-refractivity contribution in [2.45, 2.75) is 225 Å². The van der Waals surface area contributed by atoms with Gasteiger partial charge in [0.1, 0.15) is 6.61 Å². The summed E-state index contributed by atoms with van der Waals surface area (Å²) in [5, 5.41) is 2.31. The van der Waals surface area contributed by atoms with E-state index in [1.807, 2.05) is 0 Å². The molecule has 56 heavy (non-hydrogen) atoms. The van der Waals surface area contributed by atoms with Crippen LogP contribution in [0.3, 0.4) is 0 Å². The number of esters is 2. The Balaban J connectivity index is 4.37. The SMILES string of the molecule is C=COC(=O)NCCOP(=O)(O)OC[C@@H](COC(=O)CCCCCCCCCCCCCCCCC)OC(=O)CCCCCCCCCCCCCCCCC. The number of phosphoric ester groups is 1. The number of carbonyl (C=O) groups is 3. The van der Waals surface area contributed by atoms with E-state index in [4.69, 9.17) is 18.5 Å². The van der Waals surface area contributed by atoms with Crippen molar-refractivity contribution < 1.29 is 47.1 Å². The number of rotatable bonds is 43. The van der Waals surface area contributed by atoms with Crippen LogP contribution in [0.2, 0.25) is 0 Å². The standard InChI is InChI=1S/C44H84NO10P/c1-4-7-9-11-13-15-17-19-21-23-25-27-29-31-33-35-42(46)52-39-41(40-54-56(49,50)53-38-37-45-44(48)51-6-3)55-43(47)36-34-32-30-28-26-24-22-20-18-16-14-12-10-8-5-2/h6,41H,3-5,7-40H2,1-2H3,(H,45,48)(H,49,50)/t41-/m1/s1. The summed E-state index contributed by atoms with van der Waals surface area (Å²) in [5.74, 6) is -0.894. The van der Waals surface area contributed by atoms with Gasteiger partial charge in [0.15, 0.2) is 6.10 Å². The highest BCUT2D eigenvalue weighted by atomic mass is 31.2. The van der Waals surface area contributed by atoms with Crippen molar-refractivity contribution in [2.24, 2.45) is 0 Å². The Morgan fingerprint density at radius 3 is 1.34 bits per heavy atom. The highest BCUT2D eigenvalue weighted by molar-refractivity contribution is 7.47. The number of ether oxygens (including phenoxy) is 3. The van der Waals surface area contributed by atoms with Gasteiger partial charge in [-0.05, 0) is 12.8 Å². The minimum Gasteiger partial charge on any atom is -0.462 e. The molecule has 1 unspecified atom stereocenters. The monoisotopic (exact) mass is 818 g/mol. The normalized spacial score (nSPS) is 12.8. The summed E-state index contributed by atoms with van der Waals surface area (Å²) in [6, 6.07) is 0. The third-order valence-corrected chi connectivity index (χ3v) is 10.9. The lowest BCUT2D eigenvalue weighted by atomic mass is 10.0. The lowest BCUT2D eigenvalue weighted by Crippen LogP contribution is -2.30. The Labute approximate surface area is 342 Å². The first kappa shape index (κ1) is 54.1. The van der Waals surface area contributed by atoms with Crippen LogP contribution in [-0.2, 0) is 37.4 Å². The number of phosphoric acid groups is 1. The number of nitrogens with one attached hydrogen (secondary N) is 1. The van der Waals surface area contributed by atoms with Gasteiger partial charge in [-0.25, -0.2) is 9.36 Å². The molecule has 0 aliphatic carbocycles. The van der Waals surface area contributed by atoms with Crippen molar-refractivity contribution in [3.63, 3.8) is 0 Å². The van der Waals surface area contributed by atoms with Gasteiger partial charge < -0.3 is 24.4 Å². The van der Waals surface area contributed by atoms with Crippen LogP contribution >= 0.6 is 7.82 Å². The second kappa shape index (κ2) is 41.2. The van der Waals surface area contributed by atoms with E-state index in [1.165, 1.54) is 148 Å².